The summed E-state index contributed by atoms with van der Waals surface area (Å²) < 4.78 is 88.2. The second kappa shape index (κ2) is 18.6. The van der Waals surface area contributed by atoms with Gasteiger partial charge in [-0.15, -0.1) is 0 Å². The van der Waals surface area contributed by atoms with Crippen molar-refractivity contribution < 1.29 is 54.9 Å². The summed E-state index contributed by atoms with van der Waals surface area (Å²) in [6.07, 6.45) is -1.56. The van der Waals surface area contributed by atoms with Crippen molar-refractivity contribution in [2.45, 2.75) is 86.2 Å². The molecule has 15 heteroatoms. The van der Waals surface area contributed by atoms with Crippen LogP contribution in [0.3, 0.4) is 0 Å². The first kappa shape index (κ1) is 38.7. The van der Waals surface area contributed by atoms with Crippen LogP contribution < -0.4 is 15.3 Å². The first-order valence-electron chi connectivity index (χ1n) is 14.8. The first-order valence-corrected chi connectivity index (χ1v) is 19.1. The fraction of sp³-hybridized carbons (Fsp3) is 0.533. The largest absolute Gasteiger partial charge is 0.456 e. The maximum absolute atomic E-state index is 14.1. The Kier molecular flexibility index (Phi) is 16.0. The van der Waals surface area contributed by atoms with Gasteiger partial charge in [0, 0.05) is 24.7 Å². The third kappa shape index (κ3) is 13.0. The Morgan fingerprint density at radius 3 is 1.82 bits per heavy atom. The maximum Gasteiger partial charge on any atom is 0.307 e. The molecule has 2 rings (SSSR count). The molecule has 0 radical (unpaired) electrons. The molecule has 4 unspecified atom stereocenters. The topological polar surface area (TPSA) is 169 Å². The molecule has 2 aromatic rings. The van der Waals surface area contributed by atoms with E-state index in [1.165, 1.54) is 6.07 Å². The van der Waals surface area contributed by atoms with E-state index in [1.807, 2.05) is 0 Å². The summed E-state index contributed by atoms with van der Waals surface area (Å²) in [5, 5.41) is 0.104. The number of hydrogen-bond acceptors (Lipinski definition) is 11. The number of carbonyl (C=O) groups excluding carboxylic acids is 2. The molecule has 0 bridgehead atoms. The second-order valence-electron chi connectivity index (χ2n) is 10.9. The van der Waals surface area contributed by atoms with E-state index in [1.54, 1.807) is 77.9 Å². The summed E-state index contributed by atoms with van der Waals surface area (Å²) in [6.45, 7) is 10.2. The van der Waals surface area contributed by atoms with Gasteiger partial charge in [-0.25, -0.2) is 0 Å². The van der Waals surface area contributed by atoms with Crippen molar-refractivity contribution in [1.29, 1.82) is 0 Å². The third-order valence-corrected chi connectivity index (χ3v) is 9.82. The van der Waals surface area contributed by atoms with Crippen LogP contribution in [0, 0.1) is 11.8 Å². The Morgan fingerprint density at radius 2 is 1.33 bits per heavy atom. The van der Waals surface area contributed by atoms with E-state index >= 15 is 0 Å². The number of hydrogen-bond donors (Lipinski definition) is 1. The minimum atomic E-state index is -4.18. The lowest BCUT2D eigenvalue weighted by molar-refractivity contribution is -0.169. The number of carbonyl (C=O) groups is 2. The van der Waals surface area contributed by atoms with Crippen molar-refractivity contribution in [3.8, 4) is 11.5 Å². The summed E-state index contributed by atoms with van der Waals surface area (Å²) in [7, 11) is -10.7. The molecule has 4 atom stereocenters. The predicted octanol–water partition coefficient (Wildman–Crippen LogP) is 5.79. The van der Waals surface area contributed by atoms with Crippen LogP contribution in [-0.2, 0) is 53.8 Å². The summed E-state index contributed by atoms with van der Waals surface area (Å²) in [4.78, 5) is 24.1. The fourth-order valence-electron chi connectivity index (χ4n) is 3.88. The molecular formula is C30H44O12P2S. The highest BCUT2D eigenvalue weighted by molar-refractivity contribution is 7.85. The van der Waals surface area contributed by atoms with Gasteiger partial charge in [-0.1, -0.05) is 65.8 Å². The van der Waals surface area contributed by atoms with Crippen LogP contribution >= 0.6 is 16.1 Å². The number of unbranched alkanes of at least 4 members (excludes halogenated alkanes) is 1. The van der Waals surface area contributed by atoms with Gasteiger partial charge in [0.2, 0.25) is 28.6 Å². The molecule has 0 spiro atoms. The number of rotatable bonds is 19. The van der Waals surface area contributed by atoms with Crippen LogP contribution in [-0.4, -0.2) is 43.2 Å². The monoisotopic (exact) mass is 690 g/mol. The van der Waals surface area contributed by atoms with Crippen LogP contribution in [0.2, 0.25) is 0 Å². The lowest BCUT2D eigenvalue weighted by atomic mass is 10.1. The van der Waals surface area contributed by atoms with Crippen molar-refractivity contribution >= 4 is 48.7 Å². The number of esters is 2. The zero-order valence-electron chi connectivity index (χ0n) is 26.4. The first-order chi connectivity index (χ1) is 21.2. The summed E-state index contributed by atoms with van der Waals surface area (Å²) in [6, 6.07) is 11.5. The van der Waals surface area contributed by atoms with E-state index in [4.69, 9.17) is 27.8 Å². The summed E-state index contributed by atoms with van der Waals surface area (Å²) in [5.41, 5.74) is 0.445. The second-order valence-corrected chi connectivity index (χ2v) is 15.1. The third-order valence-electron chi connectivity index (χ3n) is 6.34. The van der Waals surface area contributed by atoms with Gasteiger partial charge in [0.1, 0.15) is 5.75 Å². The van der Waals surface area contributed by atoms with Crippen LogP contribution in [0.25, 0.3) is 0 Å². The molecule has 0 saturated heterocycles. The van der Waals surface area contributed by atoms with E-state index < -0.39 is 56.4 Å². The minimum Gasteiger partial charge on any atom is -0.456 e. The Labute approximate surface area is 266 Å². The average molecular weight is 691 g/mol. The van der Waals surface area contributed by atoms with E-state index in [9.17, 15) is 27.1 Å². The van der Waals surface area contributed by atoms with Crippen LogP contribution in [0.1, 0.15) is 72.8 Å². The molecule has 2 aromatic carbocycles. The Morgan fingerprint density at radius 1 is 0.800 bits per heavy atom. The van der Waals surface area contributed by atoms with Crippen molar-refractivity contribution in [3.63, 3.8) is 0 Å². The molecule has 252 valence electrons. The SMILES string of the molecule is CCC(=O)OC(O[PH](=O)c1ccc(CCCCS(=O)(=O)O)c([PH](=O)OC(OC(=O)CC)C(C)C)c1Oc1ccccc1)C(C)C. The fourth-order valence-corrected chi connectivity index (χ4v) is 7.30. The van der Waals surface area contributed by atoms with Crippen molar-refractivity contribution in [2.24, 2.45) is 11.8 Å². The van der Waals surface area contributed by atoms with Crippen molar-refractivity contribution in [1.82, 2.24) is 0 Å². The molecule has 12 nitrogen and oxygen atoms in total. The number of benzene rings is 2. The maximum atomic E-state index is 14.1. The summed E-state index contributed by atoms with van der Waals surface area (Å²) in [5.74, 6) is -2.02. The van der Waals surface area contributed by atoms with Crippen LogP contribution in [0.15, 0.2) is 42.5 Å². The molecule has 0 aliphatic rings. The molecule has 0 saturated carbocycles. The zero-order valence-corrected chi connectivity index (χ0v) is 29.3. The smallest absolute Gasteiger partial charge is 0.307 e. The average Bonchev–Trinajstić information content (AvgIpc) is 2.98. The highest BCUT2D eigenvalue weighted by Gasteiger charge is 2.30. The van der Waals surface area contributed by atoms with Gasteiger partial charge in [-0.05, 0) is 43.0 Å². The van der Waals surface area contributed by atoms with E-state index in [0.717, 1.165) is 0 Å². The van der Waals surface area contributed by atoms with Crippen LogP contribution in [0.4, 0.5) is 0 Å². The standard InChI is InChI=1S/C30H44O12P2S/c1-7-25(31)39-29(20(3)4)41-43(33)24-18-17-22(14-12-13-19-45(35,36)37)28(27(24)38-23-15-10-9-11-16-23)44(34)42-30(21(5)6)40-26(32)8-2/h9-11,15-18,20-21,29-30,43-44H,7-8,12-14,19H2,1-6H3,(H,35,36,37). The Balaban J connectivity index is 2.68. The molecular weight excluding hydrogens is 646 g/mol. The number of ether oxygens (including phenoxy) is 3. The van der Waals surface area contributed by atoms with Crippen molar-refractivity contribution in [2.75, 3.05) is 5.75 Å². The van der Waals surface area contributed by atoms with Gasteiger partial charge < -0.3 is 14.2 Å². The van der Waals surface area contributed by atoms with Gasteiger partial charge >= 0.3 is 11.9 Å². The zero-order chi connectivity index (χ0) is 33.7. The van der Waals surface area contributed by atoms with Crippen molar-refractivity contribution in [3.05, 3.63) is 48.0 Å². The molecule has 0 fully saturated rings. The number of para-hydroxylation sites is 1. The molecule has 1 N–H and O–H groups in total. The number of aryl methyl sites for hydroxylation is 1. The van der Waals surface area contributed by atoms with E-state index in [2.05, 4.69) is 0 Å². The van der Waals surface area contributed by atoms with Gasteiger partial charge in [0.05, 0.1) is 16.4 Å². The van der Waals surface area contributed by atoms with E-state index in [0.29, 0.717) is 11.3 Å². The normalized spacial score (nSPS) is 14.5. The molecule has 0 aliphatic heterocycles. The Bertz CT molecular complexity index is 1430. The minimum absolute atomic E-state index is 0.0485. The molecule has 0 aliphatic carbocycles. The van der Waals surface area contributed by atoms with Gasteiger partial charge in [-0.3, -0.25) is 32.3 Å². The highest BCUT2D eigenvalue weighted by atomic mass is 32.2. The summed E-state index contributed by atoms with van der Waals surface area (Å²) >= 11 is 0. The highest BCUT2D eigenvalue weighted by Crippen LogP contribution is 2.39. The molecule has 0 heterocycles. The lowest BCUT2D eigenvalue weighted by Crippen LogP contribution is -2.27. The quantitative estimate of drug-likeness (QED) is 0.0620. The molecule has 45 heavy (non-hydrogen) atoms. The van der Waals surface area contributed by atoms with E-state index in [-0.39, 0.29) is 60.3 Å². The van der Waals surface area contributed by atoms with Gasteiger partial charge in [-0.2, -0.15) is 8.42 Å². The predicted molar refractivity (Wildman–Crippen MR) is 172 cm³/mol. The van der Waals surface area contributed by atoms with Crippen LogP contribution in [0.5, 0.6) is 11.5 Å². The lowest BCUT2D eigenvalue weighted by Gasteiger charge is -2.25. The Hall–Kier alpha value is -2.53. The van der Waals surface area contributed by atoms with Gasteiger partial charge in [0.15, 0.2) is 5.75 Å². The molecule has 0 aromatic heterocycles. The molecule has 0 amide bonds. The van der Waals surface area contributed by atoms with Gasteiger partial charge in [0.25, 0.3) is 10.1 Å².